The Kier molecular flexibility index (Phi) is 5.43. The molecule has 5 heteroatoms. The predicted octanol–water partition coefficient (Wildman–Crippen LogP) is 3.84. The number of hydrogen-bond acceptors (Lipinski definition) is 4. The van der Waals surface area contributed by atoms with Crippen molar-refractivity contribution in [2.45, 2.75) is 12.2 Å². The summed E-state index contributed by atoms with van der Waals surface area (Å²) < 4.78 is 22.9. The third-order valence-corrected chi connectivity index (χ3v) is 4.94. The third-order valence-electron chi connectivity index (χ3n) is 3.66. The van der Waals surface area contributed by atoms with Crippen LogP contribution in [0.1, 0.15) is 11.3 Å². The molecule has 3 aromatic rings. The molecule has 1 aromatic heterocycles. The number of aryl methyl sites for hydroxylation is 1. The summed E-state index contributed by atoms with van der Waals surface area (Å²) in [6, 6.07) is 17.6. The Morgan fingerprint density at radius 2 is 1.83 bits per heavy atom. The summed E-state index contributed by atoms with van der Waals surface area (Å²) >= 11 is 0. The average Bonchev–Trinajstić information content (AvgIpc) is 3.09. The SMILES string of the molecule is COc1ccc(-c2nc(C[S@](=O)CCc3ccccc3)co2)cc1. The second-order valence-corrected chi connectivity index (χ2v) is 6.97. The van der Waals surface area contributed by atoms with E-state index in [1.165, 1.54) is 5.56 Å². The van der Waals surface area contributed by atoms with Gasteiger partial charge in [0.1, 0.15) is 12.0 Å². The molecule has 4 nitrogen and oxygen atoms in total. The first-order chi connectivity index (χ1) is 11.7. The van der Waals surface area contributed by atoms with E-state index in [1.807, 2.05) is 42.5 Å². The van der Waals surface area contributed by atoms with Gasteiger partial charge in [0, 0.05) is 22.1 Å². The van der Waals surface area contributed by atoms with Gasteiger partial charge in [-0.05, 0) is 36.2 Å². The van der Waals surface area contributed by atoms with Crippen molar-refractivity contribution in [3.8, 4) is 17.2 Å². The van der Waals surface area contributed by atoms with Crippen LogP contribution in [0.15, 0.2) is 65.3 Å². The van der Waals surface area contributed by atoms with Crippen molar-refractivity contribution in [1.82, 2.24) is 4.98 Å². The van der Waals surface area contributed by atoms with Crippen LogP contribution >= 0.6 is 0 Å². The summed E-state index contributed by atoms with van der Waals surface area (Å²) in [5, 5.41) is 0. The number of benzene rings is 2. The molecule has 0 fully saturated rings. The fourth-order valence-corrected chi connectivity index (χ4v) is 3.42. The largest absolute Gasteiger partial charge is 0.497 e. The van der Waals surface area contributed by atoms with Gasteiger partial charge in [0.15, 0.2) is 0 Å². The van der Waals surface area contributed by atoms with E-state index in [4.69, 9.17) is 9.15 Å². The van der Waals surface area contributed by atoms with E-state index in [0.717, 1.165) is 17.7 Å². The summed E-state index contributed by atoms with van der Waals surface area (Å²) in [4.78, 5) is 4.43. The van der Waals surface area contributed by atoms with Crippen molar-refractivity contribution in [2.75, 3.05) is 12.9 Å². The van der Waals surface area contributed by atoms with Gasteiger partial charge in [-0.2, -0.15) is 0 Å². The van der Waals surface area contributed by atoms with Crippen molar-refractivity contribution < 1.29 is 13.4 Å². The van der Waals surface area contributed by atoms with Gasteiger partial charge in [0.05, 0.1) is 18.6 Å². The number of nitrogens with zero attached hydrogens (tertiary/aromatic N) is 1. The first-order valence-corrected chi connectivity index (χ1v) is 9.21. The Labute approximate surface area is 144 Å². The summed E-state index contributed by atoms with van der Waals surface area (Å²) in [5.41, 5.74) is 2.79. The molecular weight excluding hydrogens is 322 g/mol. The Morgan fingerprint density at radius 3 is 2.54 bits per heavy atom. The van der Waals surface area contributed by atoms with Gasteiger partial charge in [0.25, 0.3) is 0 Å². The zero-order chi connectivity index (χ0) is 16.8. The molecule has 0 spiro atoms. The number of oxazole rings is 1. The molecule has 0 aliphatic rings. The van der Waals surface area contributed by atoms with Crippen molar-refractivity contribution in [1.29, 1.82) is 0 Å². The summed E-state index contributed by atoms with van der Waals surface area (Å²) in [6.45, 7) is 0. The molecule has 1 heterocycles. The second-order valence-electron chi connectivity index (χ2n) is 5.40. The first kappa shape index (κ1) is 16.5. The maximum atomic E-state index is 12.2. The van der Waals surface area contributed by atoms with Crippen LogP contribution in [0, 0.1) is 0 Å². The molecule has 0 aliphatic carbocycles. The molecule has 0 N–H and O–H groups in total. The van der Waals surface area contributed by atoms with Crippen molar-refractivity contribution in [2.24, 2.45) is 0 Å². The molecule has 0 radical (unpaired) electrons. The maximum absolute atomic E-state index is 12.2. The highest BCUT2D eigenvalue weighted by atomic mass is 32.2. The molecule has 3 rings (SSSR count). The van der Waals surface area contributed by atoms with Gasteiger partial charge < -0.3 is 9.15 Å². The zero-order valence-corrected chi connectivity index (χ0v) is 14.3. The highest BCUT2D eigenvalue weighted by Gasteiger charge is 2.10. The highest BCUT2D eigenvalue weighted by Crippen LogP contribution is 2.22. The molecule has 0 saturated heterocycles. The minimum absolute atomic E-state index is 0.409. The van der Waals surface area contributed by atoms with Gasteiger partial charge in [-0.1, -0.05) is 30.3 Å². The number of ether oxygens (including phenoxy) is 1. The van der Waals surface area contributed by atoms with E-state index in [9.17, 15) is 4.21 Å². The second kappa shape index (κ2) is 7.93. The topological polar surface area (TPSA) is 52.3 Å². The number of rotatable bonds is 7. The molecule has 1 atom stereocenters. The smallest absolute Gasteiger partial charge is 0.226 e. The van der Waals surface area contributed by atoms with Crippen LogP contribution in [0.2, 0.25) is 0 Å². The quantitative estimate of drug-likeness (QED) is 0.655. The van der Waals surface area contributed by atoms with Gasteiger partial charge in [-0.15, -0.1) is 0 Å². The predicted molar refractivity (Wildman–Crippen MR) is 95.4 cm³/mol. The average molecular weight is 341 g/mol. The molecule has 124 valence electrons. The normalized spacial score (nSPS) is 12.0. The lowest BCUT2D eigenvalue weighted by atomic mass is 10.2. The summed E-state index contributed by atoms with van der Waals surface area (Å²) in [6.07, 6.45) is 2.39. The summed E-state index contributed by atoms with van der Waals surface area (Å²) in [5.74, 6) is 2.35. The standard InChI is InChI=1S/C19H19NO3S/c1-22-18-9-7-16(8-10-18)19-20-17(13-23-19)14-24(21)12-11-15-5-3-2-4-6-15/h2-10,13H,11-12,14H2,1H3/t24-/m1/s1. The molecular formula is C19H19NO3S. The number of methoxy groups -OCH3 is 1. The van der Waals surface area contributed by atoms with Gasteiger partial charge in [-0.25, -0.2) is 4.98 Å². The van der Waals surface area contributed by atoms with E-state index >= 15 is 0 Å². The maximum Gasteiger partial charge on any atom is 0.226 e. The fourth-order valence-electron chi connectivity index (χ4n) is 2.35. The van der Waals surface area contributed by atoms with Gasteiger partial charge >= 0.3 is 0 Å². The minimum atomic E-state index is -0.962. The van der Waals surface area contributed by atoms with E-state index in [-0.39, 0.29) is 0 Å². The third kappa shape index (κ3) is 4.32. The van der Waals surface area contributed by atoms with E-state index < -0.39 is 10.8 Å². The summed E-state index contributed by atoms with van der Waals surface area (Å²) in [7, 11) is 0.666. The van der Waals surface area contributed by atoms with Crippen molar-refractivity contribution in [3.05, 3.63) is 72.1 Å². The molecule has 0 aliphatic heterocycles. The molecule has 2 aromatic carbocycles. The van der Waals surface area contributed by atoms with Crippen LogP contribution in [0.4, 0.5) is 0 Å². The Balaban J connectivity index is 1.58. The monoisotopic (exact) mass is 341 g/mol. The lowest BCUT2D eigenvalue weighted by Crippen LogP contribution is -2.04. The van der Waals surface area contributed by atoms with Crippen LogP contribution in [0.25, 0.3) is 11.5 Å². The number of aromatic nitrogens is 1. The molecule has 0 amide bonds. The zero-order valence-electron chi connectivity index (χ0n) is 13.5. The lowest BCUT2D eigenvalue weighted by Gasteiger charge is -2.01. The first-order valence-electron chi connectivity index (χ1n) is 7.72. The molecule has 0 saturated carbocycles. The van der Waals surface area contributed by atoms with Gasteiger partial charge in [0.2, 0.25) is 5.89 Å². The number of hydrogen-bond donors (Lipinski definition) is 0. The van der Waals surface area contributed by atoms with Crippen molar-refractivity contribution in [3.63, 3.8) is 0 Å². The van der Waals surface area contributed by atoms with Crippen LogP contribution in [-0.2, 0) is 23.0 Å². The van der Waals surface area contributed by atoms with E-state index in [2.05, 4.69) is 17.1 Å². The van der Waals surface area contributed by atoms with Crippen LogP contribution < -0.4 is 4.74 Å². The Bertz CT molecular complexity index is 797. The Hall–Kier alpha value is -2.40. The molecule has 24 heavy (non-hydrogen) atoms. The van der Waals surface area contributed by atoms with Crippen LogP contribution in [0.3, 0.4) is 0 Å². The lowest BCUT2D eigenvalue weighted by molar-refractivity contribution is 0.415. The molecule has 0 bridgehead atoms. The fraction of sp³-hybridized carbons (Fsp3) is 0.211. The minimum Gasteiger partial charge on any atom is -0.497 e. The van der Waals surface area contributed by atoms with Crippen LogP contribution in [-0.4, -0.2) is 22.1 Å². The Morgan fingerprint density at radius 1 is 1.08 bits per heavy atom. The molecule has 0 unspecified atom stereocenters. The van der Waals surface area contributed by atoms with E-state index in [0.29, 0.717) is 23.1 Å². The van der Waals surface area contributed by atoms with E-state index in [1.54, 1.807) is 13.4 Å². The van der Waals surface area contributed by atoms with Crippen LogP contribution in [0.5, 0.6) is 5.75 Å². The van der Waals surface area contributed by atoms with Crippen molar-refractivity contribution >= 4 is 10.8 Å². The van der Waals surface area contributed by atoms with Gasteiger partial charge in [-0.3, -0.25) is 4.21 Å². The highest BCUT2D eigenvalue weighted by molar-refractivity contribution is 7.84.